The van der Waals surface area contributed by atoms with Gasteiger partial charge in [0.25, 0.3) is 5.91 Å². The quantitative estimate of drug-likeness (QED) is 0.844. The first-order chi connectivity index (χ1) is 9.70. The Balaban J connectivity index is 2.01. The van der Waals surface area contributed by atoms with Gasteiger partial charge in [-0.05, 0) is 29.3 Å². The van der Waals surface area contributed by atoms with Gasteiger partial charge in [-0.2, -0.15) is 0 Å². The van der Waals surface area contributed by atoms with E-state index in [2.05, 4.69) is 0 Å². The van der Waals surface area contributed by atoms with Crippen molar-refractivity contribution in [3.63, 3.8) is 0 Å². The molecule has 0 saturated heterocycles. The van der Waals surface area contributed by atoms with E-state index in [1.165, 1.54) is 4.90 Å². The Kier molecular flexibility index (Phi) is 3.08. The number of amides is 2. The largest absolute Gasteiger partial charge is 0.326 e. The van der Waals surface area contributed by atoms with Crippen LogP contribution in [0.4, 0.5) is 5.69 Å². The average molecular weight is 266 g/mol. The molecule has 1 aliphatic rings. The van der Waals surface area contributed by atoms with E-state index < -0.39 is 0 Å². The van der Waals surface area contributed by atoms with Crippen LogP contribution < -0.4 is 10.6 Å². The fourth-order valence-corrected chi connectivity index (χ4v) is 2.40. The molecule has 0 atom stereocenters. The molecule has 2 N–H and O–H groups in total. The number of benzene rings is 2. The summed E-state index contributed by atoms with van der Waals surface area (Å²) in [5, 5.41) is 0. The molecule has 2 amide bonds. The molecular weight excluding hydrogens is 252 g/mol. The maximum atomic E-state index is 12.5. The Labute approximate surface area is 116 Å². The molecule has 3 rings (SSSR count). The summed E-state index contributed by atoms with van der Waals surface area (Å²) in [6.07, 6.45) is 0.251. The van der Waals surface area contributed by atoms with Gasteiger partial charge in [-0.25, -0.2) is 4.90 Å². The van der Waals surface area contributed by atoms with Gasteiger partial charge in [-0.3, -0.25) is 9.59 Å². The maximum Gasteiger partial charge on any atom is 0.265 e. The normalized spacial score (nSPS) is 14.3. The minimum Gasteiger partial charge on any atom is -0.326 e. The van der Waals surface area contributed by atoms with Crippen molar-refractivity contribution in [2.45, 2.75) is 13.0 Å². The number of nitrogens with zero attached hydrogens (tertiary/aromatic N) is 1. The number of rotatable bonds is 2. The van der Waals surface area contributed by atoms with E-state index in [4.69, 9.17) is 5.73 Å². The lowest BCUT2D eigenvalue weighted by atomic mass is 9.98. The third-order valence-electron chi connectivity index (χ3n) is 3.47. The highest BCUT2D eigenvalue weighted by Crippen LogP contribution is 2.25. The molecule has 0 fully saturated rings. The van der Waals surface area contributed by atoms with Crippen LogP contribution in [0.2, 0.25) is 0 Å². The second-order valence-corrected chi connectivity index (χ2v) is 4.74. The van der Waals surface area contributed by atoms with Crippen LogP contribution in [0.1, 0.15) is 21.5 Å². The molecule has 0 spiro atoms. The molecule has 0 radical (unpaired) electrons. The molecule has 0 aromatic heterocycles. The Morgan fingerprint density at radius 3 is 2.40 bits per heavy atom. The Morgan fingerprint density at radius 1 is 1.00 bits per heavy atom. The van der Waals surface area contributed by atoms with Gasteiger partial charge in [0.1, 0.15) is 0 Å². The molecule has 0 unspecified atom stereocenters. The van der Waals surface area contributed by atoms with Crippen LogP contribution in [0.3, 0.4) is 0 Å². The SMILES string of the molecule is NCc1ccc(N2C(=O)Cc3ccccc3C2=O)cc1. The van der Waals surface area contributed by atoms with Gasteiger partial charge >= 0.3 is 0 Å². The Bertz CT molecular complexity index is 677. The second-order valence-electron chi connectivity index (χ2n) is 4.74. The van der Waals surface area contributed by atoms with Crippen molar-refractivity contribution in [2.75, 3.05) is 4.90 Å². The summed E-state index contributed by atoms with van der Waals surface area (Å²) in [5.41, 5.74) is 8.48. The first-order valence-electron chi connectivity index (χ1n) is 6.45. The lowest BCUT2D eigenvalue weighted by Crippen LogP contribution is -2.42. The zero-order valence-electron chi connectivity index (χ0n) is 10.9. The van der Waals surface area contributed by atoms with Crippen LogP contribution in [-0.4, -0.2) is 11.8 Å². The van der Waals surface area contributed by atoms with Crippen LogP contribution in [0.25, 0.3) is 0 Å². The van der Waals surface area contributed by atoms with Crippen molar-refractivity contribution in [1.82, 2.24) is 0 Å². The van der Waals surface area contributed by atoms with Crippen LogP contribution in [0, 0.1) is 0 Å². The summed E-state index contributed by atoms with van der Waals surface area (Å²) < 4.78 is 0. The smallest absolute Gasteiger partial charge is 0.265 e. The lowest BCUT2D eigenvalue weighted by molar-refractivity contribution is -0.117. The fourth-order valence-electron chi connectivity index (χ4n) is 2.40. The Hall–Kier alpha value is -2.46. The summed E-state index contributed by atoms with van der Waals surface area (Å²) in [6, 6.07) is 14.4. The summed E-state index contributed by atoms with van der Waals surface area (Å²) in [4.78, 5) is 25.9. The van der Waals surface area contributed by atoms with Crippen LogP contribution in [0.5, 0.6) is 0 Å². The third-order valence-corrected chi connectivity index (χ3v) is 3.47. The molecule has 0 bridgehead atoms. The number of nitrogens with two attached hydrogens (primary N) is 1. The highest BCUT2D eigenvalue weighted by Gasteiger charge is 2.31. The molecule has 1 heterocycles. The lowest BCUT2D eigenvalue weighted by Gasteiger charge is -2.26. The van der Waals surface area contributed by atoms with Gasteiger partial charge in [0.15, 0.2) is 0 Å². The van der Waals surface area contributed by atoms with Gasteiger partial charge in [-0.15, -0.1) is 0 Å². The van der Waals surface area contributed by atoms with Crippen molar-refractivity contribution in [2.24, 2.45) is 5.73 Å². The maximum absolute atomic E-state index is 12.5. The van der Waals surface area contributed by atoms with Crippen molar-refractivity contribution in [1.29, 1.82) is 0 Å². The summed E-state index contributed by atoms with van der Waals surface area (Å²) in [7, 11) is 0. The zero-order chi connectivity index (χ0) is 14.1. The van der Waals surface area contributed by atoms with E-state index in [9.17, 15) is 9.59 Å². The zero-order valence-corrected chi connectivity index (χ0v) is 10.9. The number of imide groups is 1. The van der Waals surface area contributed by atoms with Gasteiger partial charge in [0.05, 0.1) is 12.1 Å². The van der Waals surface area contributed by atoms with E-state index in [1.807, 2.05) is 30.3 Å². The molecule has 20 heavy (non-hydrogen) atoms. The Morgan fingerprint density at radius 2 is 1.70 bits per heavy atom. The summed E-state index contributed by atoms with van der Waals surface area (Å²) in [5.74, 6) is -0.466. The van der Waals surface area contributed by atoms with Crippen LogP contribution in [0.15, 0.2) is 48.5 Å². The highest BCUT2D eigenvalue weighted by atomic mass is 16.2. The number of carbonyl (C=O) groups is 2. The van der Waals surface area contributed by atoms with Crippen molar-refractivity contribution in [3.05, 3.63) is 65.2 Å². The minimum atomic E-state index is -0.266. The van der Waals surface area contributed by atoms with Crippen LogP contribution >= 0.6 is 0 Å². The number of anilines is 1. The fraction of sp³-hybridized carbons (Fsp3) is 0.125. The molecule has 0 saturated carbocycles. The van der Waals surface area contributed by atoms with Crippen molar-refractivity contribution in [3.8, 4) is 0 Å². The molecular formula is C16H14N2O2. The predicted octanol–water partition coefficient (Wildman–Crippen LogP) is 1.87. The topological polar surface area (TPSA) is 63.4 Å². The van der Waals surface area contributed by atoms with Gasteiger partial charge in [0, 0.05) is 12.1 Å². The van der Waals surface area contributed by atoms with Gasteiger partial charge in [-0.1, -0.05) is 30.3 Å². The standard InChI is InChI=1S/C16H14N2O2/c17-10-11-5-7-13(8-6-11)18-15(19)9-12-3-1-2-4-14(12)16(18)20/h1-8H,9-10,17H2. The van der Waals surface area contributed by atoms with E-state index in [0.717, 1.165) is 11.1 Å². The molecule has 4 nitrogen and oxygen atoms in total. The number of hydrogen-bond acceptors (Lipinski definition) is 3. The second kappa shape index (κ2) is 4.90. The van der Waals surface area contributed by atoms with Gasteiger partial charge < -0.3 is 5.73 Å². The monoisotopic (exact) mass is 266 g/mol. The third kappa shape index (κ3) is 2.00. The van der Waals surface area contributed by atoms with E-state index in [1.54, 1.807) is 18.2 Å². The summed E-state index contributed by atoms with van der Waals surface area (Å²) >= 11 is 0. The molecule has 1 aliphatic heterocycles. The first-order valence-corrected chi connectivity index (χ1v) is 6.45. The van der Waals surface area contributed by atoms with Crippen molar-refractivity contribution < 1.29 is 9.59 Å². The highest BCUT2D eigenvalue weighted by molar-refractivity contribution is 6.24. The molecule has 2 aromatic rings. The molecule has 2 aromatic carbocycles. The first kappa shape index (κ1) is 12.6. The van der Waals surface area contributed by atoms with E-state index >= 15 is 0 Å². The molecule has 100 valence electrons. The number of fused-ring (bicyclic) bond motifs is 1. The molecule has 0 aliphatic carbocycles. The average Bonchev–Trinajstić information content (AvgIpc) is 2.48. The number of hydrogen-bond donors (Lipinski definition) is 1. The van der Waals surface area contributed by atoms with Crippen LogP contribution in [-0.2, 0) is 17.8 Å². The minimum absolute atomic E-state index is 0.200. The number of carbonyl (C=O) groups excluding carboxylic acids is 2. The summed E-state index contributed by atoms with van der Waals surface area (Å²) in [6.45, 7) is 0.436. The van der Waals surface area contributed by atoms with E-state index in [-0.39, 0.29) is 18.2 Å². The van der Waals surface area contributed by atoms with Crippen molar-refractivity contribution >= 4 is 17.5 Å². The van der Waals surface area contributed by atoms with Gasteiger partial charge in [0.2, 0.25) is 5.91 Å². The molecule has 4 heteroatoms. The van der Waals surface area contributed by atoms with E-state index in [0.29, 0.717) is 17.8 Å². The predicted molar refractivity (Wildman–Crippen MR) is 76.3 cm³/mol.